The minimum absolute atomic E-state index is 0.0691. The summed E-state index contributed by atoms with van der Waals surface area (Å²) in [4.78, 5) is 11.3. The average molecular weight is 272 g/mol. The lowest BCUT2D eigenvalue weighted by Gasteiger charge is -2.13. The Hall–Kier alpha value is -1.41. The molecule has 0 radical (unpaired) electrons. The van der Waals surface area contributed by atoms with E-state index in [4.69, 9.17) is 5.73 Å². The molecule has 2 heterocycles. The van der Waals surface area contributed by atoms with Gasteiger partial charge >= 0.3 is 0 Å². The molecule has 1 fully saturated rings. The SMILES string of the molecule is Cc1cc(NC(=O)CN)n(C2CCS(=O)(=O)C2)n1. The van der Waals surface area contributed by atoms with Crippen LogP contribution in [0.15, 0.2) is 6.07 Å². The van der Waals surface area contributed by atoms with E-state index in [9.17, 15) is 13.2 Å². The minimum atomic E-state index is -2.98. The second-order valence-corrected chi connectivity index (χ2v) is 6.65. The van der Waals surface area contributed by atoms with Gasteiger partial charge in [0.25, 0.3) is 0 Å². The van der Waals surface area contributed by atoms with E-state index >= 15 is 0 Å². The second kappa shape index (κ2) is 4.69. The molecular weight excluding hydrogens is 256 g/mol. The van der Waals surface area contributed by atoms with Gasteiger partial charge in [0.15, 0.2) is 9.84 Å². The molecule has 0 spiro atoms. The number of nitrogens with zero attached hydrogens (tertiary/aromatic N) is 2. The molecule has 7 nitrogen and oxygen atoms in total. The Kier molecular flexibility index (Phi) is 3.40. The molecule has 0 saturated carbocycles. The zero-order valence-electron chi connectivity index (χ0n) is 10.1. The van der Waals surface area contributed by atoms with Gasteiger partial charge in [-0.3, -0.25) is 4.79 Å². The number of hydrogen-bond acceptors (Lipinski definition) is 5. The van der Waals surface area contributed by atoms with E-state index in [1.807, 2.05) is 0 Å². The molecule has 2 rings (SSSR count). The largest absolute Gasteiger partial charge is 0.322 e. The Labute approximate surface area is 105 Å². The van der Waals surface area contributed by atoms with Crippen LogP contribution in [0.25, 0.3) is 0 Å². The summed E-state index contributed by atoms with van der Waals surface area (Å²) >= 11 is 0. The Morgan fingerprint density at radius 1 is 1.67 bits per heavy atom. The predicted octanol–water partition coefficient (Wildman–Crippen LogP) is -0.552. The van der Waals surface area contributed by atoms with Crippen LogP contribution < -0.4 is 11.1 Å². The number of nitrogens with two attached hydrogens (primary N) is 1. The highest BCUT2D eigenvalue weighted by atomic mass is 32.2. The molecule has 1 atom stereocenters. The minimum Gasteiger partial charge on any atom is -0.322 e. The number of nitrogens with one attached hydrogen (secondary N) is 1. The van der Waals surface area contributed by atoms with Crippen LogP contribution in [-0.4, -0.2) is 42.2 Å². The quantitative estimate of drug-likeness (QED) is 0.767. The molecule has 1 saturated heterocycles. The van der Waals surface area contributed by atoms with Gasteiger partial charge in [-0.1, -0.05) is 0 Å². The first-order valence-corrected chi connectivity index (χ1v) is 7.50. The lowest BCUT2D eigenvalue weighted by atomic mass is 10.3. The highest BCUT2D eigenvalue weighted by molar-refractivity contribution is 7.91. The van der Waals surface area contributed by atoms with Gasteiger partial charge in [0.05, 0.1) is 29.8 Å². The van der Waals surface area contributed by atoms with E-state index < -0.39 is 9.84 Å². The molecule has 1 amide bonds. The Morgan fingerprint density at radius 2 is 2.39 bits per heavy atom. The van der Waals surface area contributed by atoms with Crippen LogP contribution >= 0.6 is 0 Å². The van der Waals surface area contributed by atoms with Crippen molar-refractivity contribution in [1.82, 2.24) is 9.78 Å². The lowest BCUT2D eigenvalue weighted by molar-refractivity contribution is -0.114. The van der Waals surface area contributed by atoms with Crippen molar-refractivity contribution in [3.05, 3.63) is 11.8 Å². The standard InChI is InChI=1S/C10H16N4O3S/c1-7-4-9(12-10(15)5-11)14(13-7)8-2-3-18(16,17)6-8/h4,8H,2-3,5-6,11H2,1H3,(H,12,15). The first kappa shape index (κ1) is 13.0. The first-order chi connectivity index (χ1) is 8.41. The van der Waals surface area contributed by atoms with Crippen LogP contribution in [0.5, 0.6) is 0 Å². The summed E-state index contributed by atoms with van der Waals surface area (Å²) in [6.07, 6.45) is 0.523. The van der Waals surface area contributed by atoms with Crippen molar-refractivity contribution in [2.45, 2.75) is 19.4 Å². The number of aromatic nitrogens is 2. The first-order valence-electron chi connectivity index (χ1n) is 5.68. The smallest absolute Gasteiger partial charge is 0.239 e. The van der Waals surface area contributed by atoms with Crippen LogP contribution in [0.2, 0.25) is 0 Å². The van der Waals surface area contributed by atoms with Gasteiger partial charge in [0.2, 0.25) is 5.91 Å². The molecule has 1 unspecified atom stereocenters. The summed E-state index contributed by atoms with van der Waals surface area (Å²) in [6, 6.07) is 1.50. The third-order valence-electron chi connectivity index (χ3n) is 2.87. The van der Waals surface area contributed by atoms with E-state index in [1.54, 1.807) is 17.7 Å². The van der Waals surface area contributed by atoms with Gasteiger partial charge in [-0.25, -0.2) is 13.1 Å². The van der Waals surface area contributed by atoms with E-state index in [1.165, 1.54) is 0 Å². The van der Waals surface area contributed by atoms with E-state index in [2.05, 4.69) is 10.4 Å². The van der Waals surface area contributed by atoms with Crippen molar-refractivity contribution in [2.75, 3.05) is 23.4 Å². The van der Waals surface area contributed by atoms with Crippen molar-refractivity contribution in [3.63, 3.8) is 0 Å². The Morgan fingerprint density at radius 3 is 2.94 bits per heavy atom. The van der Waals surface area contributed by atoms with Gasteiger partial charge in [-0.05, 0) is 13.3 Å². The fourth-order valence-electron chi connectivity index (χ4n) is 2.05. The molecule has 0 aromatic carbocycles. The normalized spacial score (nSPS) is 22.0. The highest BCUT2D eigenvalue weighted by Gasteiger charge is 2.31. The van der Waals surface area contributed by atoms with Crippen molar-refractivity contribution in [1.29, 1.82) is 0 Å². The summed E-state index contributed by atoms with van der Waals surface area (Å²) < 4.78 is 24.5. The maximum absolute atomic E-state index is 11.5. The van der Waals surface area contributed by atoms with Crippen LogP contribution in [0.1, 0.15) is 18.2 Å². The monoisotopic (exact) mass is 272 g/mol. The predicted molar refractivity (Wildman–Crippen MR) is 67.0 cm³/mol. The number of carbonyl (C=O) groups is 1. The summed E-state index contributed by atoms with van der Waals surface area (Å²) in [6.45, 7) is 1.67. The van der Waals surface area contributed by atoms with Crippen molar-refractivity contribution in [2.24, 2.45) is 5.73 Å². The van der Waals surface area contributed by atoms with Gasteiger partial charge < -0.3 is 11.1 Å². The molecule has 0 bridgehead atoms. The average Bonchev–Trinajstić information content (AvgIpc) is 2.81. The molecule has 1 aliphatic rings. The molecule has 1 aliphatic heterocycles. The van der Waals surface area contributed by atoms with Crippen LogP contribution in [0.3, 0.4) is 0 Å². The number of anilines is 1. The van der Waals surface area contributed by atoms with Gasteiger partial charge in [0, 0.05) is 6.07 Å². The van der Waals surface area contributed by atoms with Gasteiger partial charge in [-0.2, -0.15) is 5.10 Å². The maximum Gasteiger partial charge on any atom is 0.239 e. The number of rotatable bonds is 3. The summed E-state index contributed by atoms with van der Waals surface area (Å²) in [7, 11) is -2.98. The molecule has 100 valence electrons. The van der Waals surface area contributed by atoms with E-state index in [0.717, 1.165) is 5.69 Å². The van der Waals surface area contributed by atoms with Gasteiger partial charge in [-0.15, -0.1) is 0 Å². The van der Waals surface area contributed by atoms with E-state index in [0.29, 0.717) is 12.2 Å². The molecule has 1 aromatic heterocycles. The lowest BCUT2D eigenvalue weighted by Crippen LogP contribution is -2.25. The topological polar surface area (TPSA) is 107 Å². The fraction of sp³-hybridized carbons (Fsp3) is 0.600. The third-order valence-corrected chi connectivity index (χ3v) is 4.62. The van der Waals surface area contributed by atoms with Crippen molar-refractivity contribution in [3.8, 4) is 0 Å². The summed E-state index contributed by atoms with van der Waals surface area (Å²) in [5, 5.41) is 6.87. The molecule has 18 heavy (non-hydrogen) atoms. The second-order valence-electron chi connectivity index (χ2n) is 4.42. The number of amides is 1. The van der Waals surface area contributed by atoms with Gasteiger partial charge in [0.1, 0.15) is 5.82 Å². The molecule has 3 N–H and O–H groups in total. The number of sulfone groups is 1. The Bertz CT molecular complexity index is 564. The van der Waals surface area contributed by atoms with Crippen LogP contribution in [0.4, 0.5) is 5.82 Å². The number of aryl methyl sites for hydroxylation is 1. The Balaban J connectivity index is 2.25. The fourth-order valence-corrected chi connectivity index (χ4v) is 3.74. The molecule has 1 aromatic rings. The number of carbonyl (C=O) groups excluding carboxylic acids is 1. The maximum atomic E-state index is 11.5. The zero-order valence-corrected chi connectivity index (χ0v) is 10.9. The van der Waals surface area contributed by atoms with Crippen molar-refractivity contribution < 1.29 is 13.2 Å². The zero-order chi connectivity index (χ0) is 13.3. The highest BCUT2D eigenvalue weighted by Crippen LogP contribution is 2.26. The molecular formula is C10H16N4O3S. The van der Waals surface area contributed by atoms with E-state index in [-0.39, 0.29) is 30.0 Å². The third kappa shape index (κ3) is 2.70. The summed E-state index contributed by atoms with van der Waals surface area (Å²) in [5.41, 5.74) is 5.96. The number of hydrogen-bond donors (Lipinski definition) is 2. The van der Waals surface area contributed by atoms with Crippen LogP contribution in [0, 0.1) is 6.92 Å². The molecule has 0 aliphatic carbocycles. The molecule has 8 heteroatoms. The van der Waals surface area contributed by atoms with Crippen molar-refractivity contribution >= 4 is 21.6 Å². The summed E-state index contributed by atoms with van der Waals surface area (Å²) in [5.74, 6) is 0.419. The van der Waals surface area contributed by atoms with Crippen LogP contribution in [-0.2, 0) is 14.6 Å².